The monoisotopic (exact) mass is 319 g/mol. The first-order chi connectivity index (χ1) is 9.30. The van der Waals surface area contributed by atoms with E-state index in [9.17, 15) is 8.42 Å². The summed E-state index contributed by atoms with van der Waals surface area (Å²) in [5.74, 6) is 0. The first-order valence-corrected chi connectivity index (χ1v) is 8.23. The third-order valence-electron chi connectivity index (χ3n) is 3.33. The molecule has 1 atom stereocenters. The topological polar surface area (TPSA) is 66.6 Å². The summed E-state index contributed by atoms with van der Waals surface area (Å²) in [6.45, 7) is 2.73. The van der Waals surface area contributed by atoms with Crippen LogP contribution < -0.4 is 5.73 Å². The highest BCUT2D eigenvalue weighted by atomic mass is 35.5. The zero-order chi connectivity index (χ0) is 15.3. The average molecular weight is 320 g/mol. The number of rotatable bonds is 7. The van der Waals surface area contributed by atoms with Gasteiger partial charge in [-0.3, -0.25) is 0 Å². The zero-order valence-electron chi connectivity index (χ0n) is 12.1. The Morgan fingerprint density at radius 3 is 2.30 bits per heavy atom. The van der Waals surface area contributed by atoms with Gasteiger partial charge in [-0.15, -0.1) is 0 Å². The van der Waals surface area contributed by atoms with Crippen molar-refractivity contribution in [2.75, 3.05) is 27.2 Å². The van der Waals surface area contributed by atoms with Crippen molar-refractivity contribution in [2.24, 2.45) is 5.73 Å². The molecule has 20 heavy (non-hydrogen) atoms. The highest BCUT2D eigenvalue weighted by Gasteiger charge is 2.27. The van der Waals surface area contributed by atoms with E-state index < -0.39 is 10.2 Å². The maximum atomic E-state index is 12.4. The molecule has 0 heterocycles. The predicted octanol–water partition coefficient (Wildman–Crippen LogP) is 1.86. The molecule has 1 rings (SSSR count). The summed E-state index contributed by atoms with van der Waals surface area (Å²) in [5.41, 5.74) is 6.31. The fraction of sp³-hybridized carbons (Fsp3) is 0.538. The van der Waals surface area contributed by atoms with Crippen molar-refractivity contribution in [1.82, 2.24) is 8.61 Å². The molecule has 0 bridgehead atoms. The van der Waals surface area contributed by atoms with Gasteiger partial charge in [0, 0.05) is 31.7 Å². The van der Waals surface area contributed by atoms with Crippen LogP contribution in [0, 0.1) is 0 Å². The van der Waals surface area contributed by atoms with Crippen LogP contribution in [-0.2, 0) is 10.2 Å². The molecule has 1 aromatic rings. The summed E-state index contributed by atoms with van der Waals surface area (Å²) >= 11 is 5.84. The number of benzene rings is 1. The average Bonchev–Trinajstić information content (AvgIpc) is 2.43. The second-order valence-electron chi connectivity index (χ2n) is 4.72. The molecule has 0 fully saturated rings. The van der Waals surface area contributed by atoms with E-state index in [1.54, 1.807) is 26.2 Å². The predicted molar refractivity (Wildman–Crippen MR) is 82.9 cm³/mol. The summed E-state index contributed by atoms with van der Waals surface area (Å²) in [4.78, 5) is 0. The molecule has 0 aliphatic heterocycles. The van der Waals surface area contributed by atoms with Gasteiger partial charge in [0.2, 0.25) is 0 Å². The molecule has 0 spiro atoms. The van der Waals surface area contributed by atoms with Gasteiger partial charge in [-0.2, -0.15) is 17.0 Å². The maximum Gasteiger partial charge on any atom is 0.282 e. The third-order valence-corrected chi connectivity index (χ3v) is 5.60. The lowest BCUT2D eigenvalue weighted by Gasteiger charge is -2.29. The van der Waals surface area contributed by atoms with Crippen molar-refractivity contribution in [2.45, 2.75) is 19.4 Å². The summed E-state index contributed by atoms with van der Waals surface area (Å²) in [6, 6.07) is 6.91. The lowest BCUT2D eigenvalue weighted by Crippen LogP contribution is -2.41. The van der Waals surface area contributed by atoms with Crippen molar-refractivity contribution < 1.29 is 8.42 Å². The molecular weight excluding hydrogens is 298 g/mol. The summed E-state index contributed by atoms with van der Waals surface area (Å²) < 4.78 is 27.5. The van der Waals surface area contributed by atoms with E-state index in [1.807, 2.05) is 19.1 Å². The largest absolute Gasteiger partial charge is 0.330 e. The van der Waals surface area contributed by atoms with Crippen LogP contribution in [0.3, 0.4) is 0 Å². The second kappa shape index (κ2) is 7.38. The Kier molecular flexibility index (Phi) is 6.42. The Morgan fingerprint density at radius 1 is 1.25 bits per heavy atom. The molecule has 1 aromatic carbocycles. The summed E-state index contributed by atoms with van der Waals surface area (Å²) in [7, 11) is -0.348. The van der Waals surface area contributed by atoms with Crippen molar-refractivity contribution in [3.8, 4) is 0 Å². The van der Waals surface area contributed by atoms with E-state index in [2.05, 4.69) is 0 Å². The molecule has 1 unspecified atom stereocenters. The molecule has 2 N–H and O–H groups in total. The minimum atomic E-state index is -3.49. The van der Waals surface area contributed by atoms with E-state index in [1.165, 1.54) is 8.61 Å². The highest BCUT2D eigenvalue weighted by molar-refractivity contribution is 7.86. The Bertz CT molecular complexity index is 519. The summed E-state index contributed by atoms with van der Waals surface area (Å²) in [6.07, 6.45) is 0.638. The molecule has 7 heteroatoms. The molecule has 0 aliphatic rings. The first-order valence-electron chi connectivity index (χ1n) is 6.45. The van der Waals surface area contributed by atoms with Crippen LogP contribution in [-0.4, -0.2) is 44.2 Å². The molecule has 0 saturated heterocycles. The van der Waals surface area contributed by atoms with Crippen LogP contribution in [0.25, 0.3) is 0 Å². The molecule has 0 radical (unpaired) electrons. The van der Waals surface area contributed by atoms with Crippen LogP contribution in [0.5, 0.6) is 0 Å². The number of nitrogens with two attached hydrogens (primary N) is 1. The molecule has 114 valence electrons. The van der Waals surface area contributed by atoms with E-state index >= 15 is 0 Å². The van der Waals surface area contributed by atoms with Gasteiger partial charge in [0.1, 0.15) is 0 Å². The van der Waals surface area contributed by atoms with Gasteiger partial charge in [0.25, 0.3) is 10.2 Å². The van der Waals surface area contributed by atoms with Crippen molar-refractivity contribution in [1.29, 1.82) is 0 Å². The standard InChI is InChI=1S/C13H22ClN3O2S/c1-11(12-5-7-13(14)8-6-12)17(3)20(18,19)16(2)10-4-9-15/h5-8,11H,4,9-10,15H2,1-3H3. The van der Waals surface area contributed by atoms with E-state index in [-0.39, 0.29) is 6.04 Å². The Hall–Kier alpha value is -0.660. The number of nitrogens with zero attached hydrogens (tertiary/aromatic N) is 2. The summed E-state index contributed by atoms with van der Waals surface area (Å²) in [5, 5.41) is 0.631. The molecular formula is C13H22ClN3O2S. The second-order valence-corrected chi connectivity index (χ2v) is 7.25. The van der Waals surface area contributed by atoms with Gasteiger partial charge in [-0.1, -0.05) is 23.7 Å². The van der Waals surface area contributed by atoms with Gasteiger partial charge in [0.05, 0.1) is 0 Å². The fourth-order valence-electron chi connectivity index (χ4n) is 1.80. The number of halogens is 1. The van der Waals surface area contributed by atoms with Gasteiger partial charge in [-0.05, 0) is 37.6 Å². The zero-order valence-corrected chi connectivity index (χ0v) is 13.7. The fourth-order valence-corrected chi connectivity index (χ4v) is 3.25. The van der Waals surface area contributed by atoms with Crippen molar-refractivity contribution in [3.05, 3.63) is 34.9 Å². The van der Waals surface area contributed by atoms with Gasteiger partial charge in [-0.25, -0.2) is 0 Å². The molecule has 0 saturated carbocycles. The minimum absolute atomic E-state index is 0.266. The highest BCUT2D eigenvalue weighted by Crippen LogP contribution is 2.24. The number of hydrogen-bond donors (Lipinski definition) is 1. The lowest BCUT2D eigenvalue weighted by atomic mass is 10.1. The third kappa shape index (κ3) is 4.17. The van der Waals surface area contributed by atoms with E-state index in [0.717, 1.165) is 5.56 Å². The Morgan fingerprint density at radius 2 is 1.80 bits per heavy atom. The first kappa shape index (κ1) is 17.4. The smallest absolute Gasteiger partial charge is 0.282 e. The van der Waals surface area contributed by atoms with E-state index in [0.29, 0.717) is 24.5 Å². The molecule has 0 aromatic heterocycles. The Labute approximate surface area is 126 Å². The van der Waals surface area contributed by atoms with Gasteiger partial charge in [0.15, 0.2) is 0 Å². The van der Waals surface area contributed by atoms with Crippen molar-refractivity contribution in [3.63, 3.8) is 0 Å². The molecule has 0 amide bonds. The van der Waals surface area contributed by atoms with E-state index in [4.69, 9.17) is 17.3 Å². The van der Waals surface area contributed by atoms with Crippen LogP contribution in [0.2, 0.25) is 5.02 Å². The Balaban J connectivity index is 2.86. The van der Waals surface area contributed by atoms with Crippen LogP contribution in [0.15, 0.2) is 24.3 Å². The van der Waals surface area contributed by atoms with Gasteiger partial charge < -0.3 is 5.73 Å². The number of hydrogen-bond acceptors (Lipinski definition) is 3. The van der Waals surface area contributed by atoms with Crippen molar-refractivity contribution >= 4 is 21.8 Å². The lowest BCUT2D eigenvalue weighted by molar-refractivity contribution is 0.348. The van der Waals surface area contributed by atoms with Gasteiger partial charge >= 0.3 is 0 Å². The molecule has 5 nitrogen and oxygen atoms in total. The van der Waals surface area contributed by atoms with Crippen LogP contribution in [0.4, 0.5) is 0 Å². The quantitative estimate of drug-likeness (QED) is 0.834. The van der Waals surface area contributed by atoms with Crippen LogP contribution >= 0.6 is 11.6 Å². The molecule has 0 aliphatic carbocycles. The minimum Gasteiger partial charge on any atom is -0.330 e. The maximum absolute atomic E-state index is 12.4. The normalized spacial score (nSPS) is 13.9. The van der Waals surface area contributed by atoms with Crippen LogP contribution in [0.1, 0.15) is 24.9 Å². The SMILES string of the molecule is CC(c1ccc(Cl)cc1)N(C)S(=O)(=O)N(C)CCCN.